The van der Waals surface area contributed by atoms with Gasteiger partial charge in [-0.05, 0) is 46.1 Å². The van der Waals surface area contributed by atoms with Crippen LogP contribution < -0.4 is 0 Å². The van der Waals surface area contributed by atoms with Crippen molar-refractivity contribution in [2.24, 2.45) is 0 Å². The van der Waals surface area contributed by atoms with Gasteiger partial charge in [0.25, 0.3) is 0 Å². The van der Waals surface area contributed by atoms with Crippen molar-refractivity contribution in [3.63, 3.8) is 0 Å². The molecule has 23 heavy (non-hydrogen) atoms. The highest BCUT2D eigenvalue weighted by atomic mass is 16.6. The summed E-state index contributed by atoms with van der Waals surface area (Å²) in [6, 6.07) is 2.40. The maximum absolute atomic E-state index is 9.83. The molecule has 0 saturated heterocycles. The fourth-order valence-corrected chi connectivity index (χ4v) is 3.65. The van der Waals surface area contributed by atoms with E-state index in [4.69, 9.17) is 4.74 Å². The molecule has 2 atom stereocenters. The number of hydrogen-bond donors (Lipinski definition) is 2. The van der Waals surface area contributed by atoms with Crippen molar-refractivity contribution in [3.8, 4) is 0 Å². The number of hydrogen-bond acceptors (Lipinski definition) is 4. The summed E-state index contributed by atoms with van der Waals surface area (Å²) < 4.78 is 7.86. The van der Waals surface area contributed by atoms with Crippen LogP contribution in [0.4, 0.5) is 0 Å². The summed E-state index contributed by atoms with van der Waals surface area (Å²) in [5.74, 6) is -1.08. The molecule has 1 unspecified atom stereocenters. The van der Waals surface area contributed by atoms with E-state index in [1.807, 2.05) is 19.4 Å². The molecule has 0 spiro atoms. The van der Waals surface area contributed by atoms with E-state index in [0.29, 0.717) is 6.04 Å². The van der Waals surface area contributed by atoms with Crippen molar-refractivity contribution < 1.29 is 9.84 Å². The van der Waals surface area contributed by atoms with Gasteiger partial charge in [-0.2, -0.15) is 0 Å². The van der Waals surface area contributed by atoms with Gasteiger partial charge in [-0.1, -0.05) is 0 Å². The Balaban J connectivity index is 1.66. The van der Waals surface area contributed by atoms with E-state index in [9.17, 15) is 5.11 Å². The first kappa shape index (κ1) is 14.7. The third-order valence-electron chi connectivity index (χ3n) is 4.52. The smallest absolute Gasteiger partial charge is 0.162 e. The van der Waals surface area contributed by atoms with E-state index in [1.54, 1.807) is 13.8 Å². The Labute approximate surface area is 134 Å². The summed E-state index contributed by atoms with van der Waals surface area (Å²) in [6.07, 6.45) is 6.69. The molecule has 3 aromatic rings. The van der Waals surface area contributed by atoms with Gasteiger partial charge >= 0.3 is 0 Å². The van der Waals surface area contributed by atoms with Crippen LogP contribution in [-0.4, -0.2) is 36.5 Å². The molecule has 0 bridgehead atoms. The molecule has 122 valence electrons. The Hall–Kier alpha value is -1.92. The highest BCUT2D eigenvalue weighted by Gasteiger charge is 2.31. The van der Waals surface area contributed by atoms with Crippen LogP contribution in [0.25, 0.3) is 22.1 Å². The first-order chi connectivity index (χ1) is 10.9. The highest BCUT2D eigenvalue weighted by molar-refractivity contribution is 6.00. The number of pyridine rings is 1. The molecular formula is C17H22N4O2. The molecule has 4 rings (SSSR count). The summed E-state index contributed by atoms with van der Waals surface area (Å²) in [6.45, 7) is 5.40. The Kier molecular flexibility index (Phi) is 3.21. The normalized spacial score (nSPS) is 22.4. The van der Waals surface area contributed by atoms with E-state index in [1.165, 1.54) is 0 Å². The predicted octanol–water partition coefficient (Wildman–Crippen LogP) is 3.06. The molecule has 1 aliphatic carbocycles. The lowest BCUT2D eigenvalue weighted by Crippen LogP contribution is -2.28. The van der Waals surface area contributed by atoms with Gasteiger partial charge in [0.15, 0.2) is 11.4 Å². The number of aliphatic hydroxyl groups is 1. The van der Waals surface area contributed by atoms with E-state index in [2.05, 4.69) is 25.6 Å². The van der Waals surface area contributed by atoms with Crippen LogP contribution in [0.1, 0.15) is 44.8 Å². The van der Waals surface area contributed by atoms with Gasteiger partial charge in [0.1, 0.15) is 5.52 Å². The third kappa shape index (κ3) is 2.62. The van der Waals surface area contributed by atoms with Gasteiger partial charge in [-0.3, -0.25) is 0 Å². The fraction of sp³-hybridized carbons (Fsp3) is 0.529. The molecule has 3 heterocycles. The van der Waals surface area contributed by atoms with Gasteiger partial charge < -0.3 is 19.4 Å². The van der Waals surface area contributed by atoms with Crippen molar-refractivity contribution in [3.05, 3.63) is 24.3 Å². The molecule has 0 amide bonds. The number of ether oxygens (including phenoxy) is 1. The standard InChI is InChI=1S/C17H22N4O2/c1-10-6-11-8-18-16-15(14(11)20-10)19-9-21(16)12-4-5-13(7-12)23-17(2,3)22/h6,8-9,12-13,20,22H,4-5,7H2,1-3H3/t12?,13-/m1/s1. The average molecular weight is 314 g/mol. The maximum atomic E-state index is 9.83. The number of H-pyrrole nitrogens is 1. The van der Waals surface area contributed by atoms with Gasteiger partial charge in [0, 0.05) is 23.3 Å². The summed E-state index contributed by atoms with van der Waals surface area (Å²) in [4.78, 5) is 12.6. The maximum Gasteiger partial charge on any atom is 0.162 e. The highest BCUT2D eigenvalue weighted by Crippen LogP contribution is 2.35. The molecule has 6 nitrogen and oxygen atoms in total. The summed E-state index contributed by atoms with van der Waals surface area (Å²) in [5.41, 5.74) is 3.99. The zero-order valence-corrected chi connectivity index (χ0v) is 13.7. The SMILES string of the molecule is Cc1cc2cnc3c(ncn3C3CC[C@@H](OC(C)(C)O)C3)c2[nH]1. The van der Waals surface area contributed by atoms with Crippen molar-refractivity contribution in [2.75, 3.05) is 0 Å². The first-order valence-corrected chi connectivity index (χ1v) is 8.12. The van der Waals surface area contributed by atoms with Crippen LogP contribution in [0.5, 0.6) is 0 Å². The molecule has 1 fully saturated rings. The molecule has 3 aromatic heterocycles. The lowest BCUT2D eigenvalue weighted by Gasteiger charge is -2.23. The van der Waals surface area contributed by atoms with Crippen LogP contribution in [-0.2, 0) is 4.74 Å². The number of nitrogens with zero attached hydrogens (tertiary/aromatic N) is 3. The van der Waals surface area contributed by atoms with E-state index >= 15 is 0 Å². The van der Waals surface area contributed by atoms with Crippen LogP contribution in [0.3, 0.4) is 0 Å². The van der Waals surface area contributed by atoms with Crippen LogP contribution in [0, 0.1) is 6.92 Å². The monoisotopic (exact) mass is 314 g/mol. The van der Waals surface area contributed by atoms with Crippen molar-refractivity contribution in [1.82, 2.24) is 19.5 Å². The summed E-state index contributed by atoms with van der Waals surface area (Å²) in [7, 11) is 0. The first-order valence-electron chi connectivity index (χ1n) is 8.12. The summed E-state index contributed by atoms with van der Waals surface area (Å²) >= 11 is 0. The number of aryl methyl sites for hydroxylation is 1. The molecule has 1 aliphatic rings. The second kappa shape index (κ2) is 5.04. The zero-order valence-electron chi connectivity index (χ0n) is 13.7. The Morgan fingerprint density at radius 1 is 1.35 bits per heavy atom. The van der Waals surface area contributed by atoms with Crippen molar-refractivity contribution in [1.29, 1.82) is 0 Å². The molecular weight excluding hydrogens is 292 g/mol. The van der Waals surface area contributed by atoms with Crippen LogP contribution >= 0.6 is 0 Å². The van der Waals surface area contributed by atoms with Gasteiger partial charge in [-0.15, -0.1) is 0 Å². The Morgan fingerprint density at radius 3 is 2.96 bits per heavy atom. The quantitative estimate of drug-likeness (QED) is 0.729. The second-order valence-electron chi connectivity index (χ2n) is 7.02. The lowest BCUT2D eigenvalue weighted by atomic mass is 10.2. The number of rotatable bonds is 3. The Bertz CT molecular complexity index is 859. The minimum Gasteiger partial charge on any atom is -0.366 e. The van der Waals surface area contributed by atoms with E-state index in [-0.39, 0.29) is 6.10 Å². The molecule has 0 aromatic carbocycles. The van der Waals surface area contributed by atoms with E-state index < -0.39 is 5.79 Å². The second-order valence-corrected chi connectivity index (χ2v) is 7.02. The molecule has 6 heteroatoms. The van der Waals surface area contributed by atoms with Gasteiger partial charge in [0.05, 0.1) is 17.9 Å². The number of imidazole rings is 1. The number of aromatic amines is 1. The van der Waals surface area contributed by atoms with Crippen LogP contribution in [0.2, 0.25) is 0 Å². The minimum absolute atomic E-state index is 0.0777. The largest absolute Gasteiger partial charge is 0.366 e. The Morgan fingerprint density at radius 2 is 2.17 bits per heavy atom. The minimum atomic E-state index is -1.08. The number of nitrogens with one attached hydrogen (secondary N) is 1. The molecule has 1 saturated carbocycles. The zero-order chi connectivity index (χ0) is 16.2. The number of aromatic nitrogens is 4. The van der Waals surface area contributed by atoms with E-state index in [0.717, 1.165) is 47.0 Å². The lowest BCUT2D eigenvalue weighted by molar-refractivity contribution is -0.203. The van der Waals surface area contributed by atoms with Crippen LogP contribution in [0.15, 0.2) is 18.6 Å². The summed E-state index contributed by atoms with van der Waals surface area (Å²) in [5, 5.41) is 10.9. The number of fused-ring (bicyclic) bond motifs is 3. The van der Waals surface area contributed by atoms with Gasteiger partial charge in [0.2, 0.25) is 0 Å². The van der Waals surface area contributed by atoms with Gasteiger partial charge in [-0.25, -0.2) is 9.97 Å². The topological polar surface area (TPSA) is 76.0 Å². The van der Waals surface area contributed by atoms with Crippen molar-refractivity contribution in [2.45, 2.75) is 58.0 Å². The third-order valence-corrected chi connectivity index (χ3v) is 4.52. The predicted molar refractivity (Wildman–Crippen MR) is 88.2 cm³/mol. The fourth-order valence-electron chi connectivity index (χ4n) is 3.65. The molecule has 2 N–H and O–H groups in total. The molecule has 0 radical (unpaired) electrons. The average Bonchev–Trinajstić information content (AvgIpc) is 3.12. The molecule has 0 aliphatic heterocycles. The van der Waals surface area contributed by atoms with Crippen molar-refractivity contribution >= 4 is 22.1 Å².